The third-order valence-electron chi connectivity index (χ3n) is 2.70. The van der Waals surface area contributed by atoms with E-state index in [9.17, 15) is 0 Å². The van der Waals surface area contributed by atoms with Gasteiger partial charge in [0.1, 0.15) is 5.75 Å². The van der Waals surface area contributed by atoms with Crippen LogP contribution in [-0.2, 0) is 4.74 Å². The van der Waals surface area contributed by atoms with E-state index in [-0.39, 0.29) is 0 Å². The van der Waals surface area contributed by atoms with E-state index in [2.05, 4.69) is 30.0 Å². The fraction of sp³-hybridized carbons (Fsp3) is 0.600. The summed E-state index contributed by atoms with van der Waals surface area (Å²) in [6.07, 6.45) is 0. The molecule has 0 saturated carbocycles. The minimum Gasteiger partial charge on any atom is -0.496 e. The van der Waals surface area contributed by atoms with Gasteiger partial charge < -0.3 is 14.4 Å². The van der Waals surface area contributed by atoms with Crippen LogP contribution >= 0.6 is 0 Å². The average Bonchev–Trinajstić information content (AvgIpc) is 2.43. The number of nitrogens with zero attached hydrogens (tertiary/aromatic N) is 1. The fourth-order valence-corrected chi connectivity index (χ4v) is 1.68. The SMILES string of the molecule is CC.CCN(CCOC)c1ccc(C)c(OC)c1. The number of aryl methyl sites for hydroxylation is 1. The van der Waals surface area contributed by atoms with Crippen LogP contribution in [0, 0.1) is 6.92 Å². The highest BCUT2D eigenvalue weighted by Gasteiger charge is 2.06. The number of ether oxygens (including phenoxy) is 2. The molecule has 3 heteroatoms. The van der Waals surface area contributed by atoms with Crippen molar-refractivity contribution in [2.45, 2.75) is 27.7 Å². The molecule has 0 aromatic heterocycles. The minimum atomic E-state index is 0.740. The second kappa shape index (κ2) is 9.77. The van der Waals surface area contributed by atoms with Gasteiger partial charge in [-0.2, -0.15) is 0 Å². The summed E-state index contributed by atoms with van der Waals surface area (Å²) in [6, 6.07) is 6.29. The van der Waals surface area contributed by atoms with Crippen molar-refractivity contribution in [3.05, 3.63) is 23.8 Å². The number of anilines is 1. The van der Waals surface area contributed by atoms with E-state index in [1.54, 1.807) is 14.2 Å². The van der Waals surface area contributed by atoms with Crippen LogP contribution in [0.15, 0.2) is 18.2 Å². The lowest BCUT2D eigenvalue weighted by Gasteiger charge is -2.23. The van der Waals surface area contributed by atoms with E-state index in [0.717, 1.165) is 31.0 Å². The van der Waals surface area contributed by atoms with E-state index in [1.165, 1.54) is 5.69 Å². The smallest absolute Gasteiger partial charge is 0.123 e. The van der Waals surface area contributed by atoms with E-state index >= 15 is 0 Å². The van der Waals surface area contributed by atoms with Gasteiger partial charge in [-0.25, -0.2) is 0 Å². The molecule has 1 rings (SSSR count). The summed E-state index contributed by atoms with van der Waals surface area (Å²) in [4.78, 5) is 2.27. The van der Waals surface area contributed by atoms with Crippen molar-refractivity contribution in [3.63, 3.8) is 0 Å². The molecule has 104 valence electrons. The first-order valence-corrected chi connectivity index (χ1v) is 6.61. The molecule has 0 radical (unpaired) electrons. The maximum atomic E-state index is 5.33. The first kappa shape index (κ1) is 16.8. The minimum absolute atomic E-state index is 0.740. The zero-order valence-corrected chi connectivity index (χ0v) is 12.6. The topological polar surface area (TPSA) is 21.7 Å². The lowest BCUT2D eigenvalue weighted by molar-refractivity contribution is 0.205. The zero-order chi connectivity index (χ0) is 14.0. The summed E-state index contributed by atoms with van der Waals surface area (Å²) < 4.78 is 10.4. The van der Waals surface area contributed by atoms with Crippen LogP contribution in [0.1, 0.15) is 26.3 Å². The molecule has 3 nitrogen and oxygen atoms in total. The van der Waals surface area contributed by atoms with Gasteiger partial charge in [0.15, 0.2) is 0 Å². The van der Waals surface area contributed by atoms with Crippen molar-refractivity contribution in [2.75, 3.05) is 38.8 Å². The van der Waals surface area contributed by atoms with Crippen LogP contribution < -0.4 is 9.64 Å². The number of likely N-dealkylation sites (N-methyl/N-ethyl adjacent to an activating group) is 1. The van der Waals surface area contributed by atoms with E-state index in [1.807, 2.05) is 20.8 Å². The third-order valence-corrected chi connectivity index (χ3v) is 2.70. The monoisotopic (exact) mass is 253 g/mol. The molecule has 1 aromatic carbocycles. The second-order valence-corrected chi connectivity index (χ2v) is 3.73. The van der Waals surface area contributed by atoms with Gasteiger partial charge in [0.2, 0.25) is 0 Å². The Balaban J connectivity index is 0.00000137. The lowest BCUT2D eigenvalue weighted by atomic mass is 10.2. The first-order chi connectivity index (χ1) is 8.72. The van der Waals surface area contributed by atoms with Crippen molar-refractivity contribution in [1.82, 2.24) is 0 Å². The van der Waals surface area contributed by atoms with E-state index in [0.29, 0.717) is 0 Å². The Morgan fingerprint density at radius 3 is 2.33 bits per heavy atom. The number of methoxy groups -OCH3 is 2. The lowest BCUT2D eigenvalue weighted by Crippen LogP contribution is -2.26. The summed E-state index contributed by atoms with van der Waals surface area (Å²) in [7, 11) is 3.43. The largest absolute Gasteiger partial charge is 0.496 e. The summed E-state index contributed by atoms with van der Waals surface area (Å²) in [5, 5.41) is 0. The highest BCUT2D eigenvalue weighted by atomic mass is 16.5. The van der Waals surface area contributed by atoms with Crippen LogP contribution in [0.3, 0.4) is 0 Å². The maximum absolute atomic E-state index is 5.33. The molecule has 1 aromatic rings. The number of benzene rings is 1. The van der Waals surface area contributed by atoms with E-state index in [4.69, 9.17) is 9.47 Å². The first-order valence-electron chi connectivity index (χ1n) is 6.61. The van der Waals surface area contributed by atoms with Gasteiger partial charge in [0, 0.05) is 32.0 Å². The summed E-state index contributed by atoms with van der Waals surface area (Å²) >= 11 is 0. The quantitative estimate of drug-likeness (QED) is 0.774. The van der Waals surface area contributed by atoms with Crippen molar-refractivity contribution < 1.29 is 9.47 Å². The van der Waals surface area contributed by atoms with Gasteiger partial charge in [-0.3, -0.25) is 0 Å². The third kappa shape index (κ3) is 4.96. The predicted molar refractivity (Wildman–Crippen MR) is 78.8 cm³/mol. The van der Waals surface area contributed by atoms with Gasteiger partial charge in [-0.05, 0) is 25.5 Å². The number of rotatable bonds is 6. The molecule has 18 heavy (non-hydrogen) atoms. The van der Waals surface area contributed by atoms with Crippen LogP contribution in [0.2, 0.25) is 0 Å². The molecule has 0 saturated heterocycles. The molecular formula is C15H27NO2. The van der Waals surface area contributed by atoms with Crippen LogP contribution in [0.4, 0.5) is 5.69 Å². The Morgan fingerprint density at radius 2 is 1.83 bits per heavy atom. The molecular weight excluding hydrogens is 226 g/mol. The predicted octanol–water partition coefficient (Wildman–Crippen LogP) is 3.50. The van der Waals surface area contributed by atoms with E-state index < -0.39 is 0 Å². The fourth-order valence-electron chi connectivity index (χ4n) is 1.68. The Morgan fingerprint density at radius 1 is 1.17 bits per heavy atom. The van der Waals surface area contributed by atoms with Gasteiger partial charge >= 0.3 is 0 Å². The average molecular weight is 253 g/mol. The molecule has 0 amide bonds. The van der Waals surface area contributed by atoms with Crippen LogP contribution in [0.5, 0.6) is 5.75 Å². The van der Waals surface area contributed by atoms with Gasteiger partial charge in [0.25, 0.3) is 0 Å². The highest BCUT2D eigenvalue weighted by Crippen LogP contribution is 2.24. The van der Waals surface area contributed by atoms with Gasteiger partial charge in [-0.15, -0.1) is 0 Å². The van der Waals surface area contributed by atoms with Crippen LogP contribution in [0.25, 0.3) is 0 Å². The van der Waals surface area contributed by atoms with Crippen molar-refractivity contribution in [3.8, 4) is 5.75 Å². The molecule has 0 aliphatic heterocycles. The molecule has 0 aliphatic rings. The normalized spacial score (nSPS) is 9.44. The Kier molecular flexibility index (Phi) is 9.11. The molecule has 0 heterocycles. The second-order valence-electron chi connectivity index (χ2n) is 3.73. The maximum Gasteiger partial charge on any atom is 0.123 e. The molecule has 0 bridgehead atoms. The summed E-state index contributed by atoms with van der Waals surface area (Å²) in [5.41, 5.74) is 2.34. The molecule has 0 aliphatic carbocycles. The summed E-state index contributed by atoms with van der Waals surface area (Å²) in [6.45, 7) is 10.8. The molecule has 0 spiro atoms. The number of hydrogen-bond acceptors (Lipinski definition) is 3. The molecule has 0 N–H and O–H groups in total. The van der Waals surface area contributed by atoms with Gasteiger partial charge in [0.05, 0.1) is 13.7 Å². The Hall–Kier alpha value is -1.22. The van der Waals surface area contributed by atoms with Crippen molar-refractivity contribution in [2.24, 2.45) is 0 Å². The Bertz CT molecular complexity index is 326. The van der Waals surface area contributed by atoms with Crippen molar-refractivity contribution in [1.29, 1.82) is 0 Å². The van der Waals surface area contributed by atoms with Gasteiger partial charge in [-0.1, -0.05) is 19.9 Å². The highest BCUT2D eigenvalue weighted by molar-refractivity contribution is 5.53. The zero-order valence-electron chi connectivity index (χ0n) is 12.6. The standard InChI is InChI=1S/C13H21NO2.C2H6/c1-5-14(8-9-15-3)12-7-6-11(2)13(10-12)16-4;1-2/h6-7,10H,5,8-9H2,1-4H3;1-2H3. The molecule has 0 fully saturated rings. The Labute approximate surface area is 112 Å². The van der Waals surface area contributed by atoms with Crippen molar-refractivity contribution >= 4 is 5.69 Å². The van der Waals surface area contributed by atoms with Crippen LogP contribution in [-0.4, -0.2) is 33.9 Å². The molecule has 0 unspecified atom stereocenters. The summed E-state index contributed by atoms with van der Waals surface area (Å²) in [5.74, 6) is 0.938. The molecule has 0 atom stereocenters. The number of hydrogen-bond donors (Lipinski definition) is 0.